The predicted octanol–water partition coefficient (Wildman–Crippen LogP) is 0.0407. The van der Waals surface area contributed by atoms with E-state index in [1.165, 1.54) is 0 Å². The molecule has 0 spiro atoms. The first-order chi connectivity index (χ1) is 14.5. The summed E-state index contributed by atoms with van der Waals surface area (Å²) < 4.78 is 1.92. The Labute approximate surface area is 171 Å². The number of amides is 4. The summed E-state index contributed by atoms with van der Waals surface area (Å²) >= 11 is 0. The maximum absolute atomic E-state index is 12.9. The molecule has 0 aliphatic carbocycles. The SMILES string of the molecule is O=C1CCC(N2C(=O)c3ccc(CNc4ccn(C5CNC5)n4)cc3C2=O)C(=O)N1. The van der Waals surface area contributed by atoms with Crippen molar-refractivity contribution in [3.05, 3.63) is 47.2 Å². The summed E-state index contributed by atoms with van der Waals surface area (Å²) in [6.07, 6.45) is 2.17. The van der Waals surface area contributed by atoms with E-state index in [0.29, 0.717) is 12.6 Å². The van der Waals surface area contributed by atoms with Crippen molar-refractivity contribution in [1.82, 2.24) is 25.3 Å². The summed E-state index contributed by atoms with van der Waals surface area (Å²) in [5, 5.41) is 13.1. The zero-order chi connectivity index (χ0) is 20.8. The number of benzene rings is 1. The van der Waals surface area contributed by atoms with Gasteiger partial charge >= 0.3 is 0 Å². The topological polar surface area (TPSA) is 125 Å². The van der Waals surface area contributed by atoms with Crippen molar-refractivity contribution < 1.29 is 19.2 Å². The normalized spacial score (nSPS) is 21.5. The smallest absolute Gasteiger partial charge is 0.262 e. The quantitative estimate of drug-likeness (QED) is 0.597. The maximum atomic E-state index is 12.9. The first kappa shape index (κ1) is 18.5. The molecule has 2 saturated heterocycles. The fourth-order valence-electron chi connectivity index (χ4n) is 3.92. The Bertz CT molecular complexity index is 1070. The molecule has 3 aliphatic rings. The molecule has 3 aliphatic heterocycles. The van der Waals surface area contributed by atoms with E-state index in [4.69, 9.17) is 0 Å². The van der Waals surface area contributed by atoms with Crippen LogP contribution in [-0.2, 0) is 16.1 Å². The van der Waals surface area contributed by atoms with Gasteiger partial charge in [-0.3, -0.25) is 34.1 Å². The van der Waals surface area contributed by atoms with Gasteiger partial charge in [0.1, 0.15) is 11.9 Å². The highest BCUT2D eigenvalue weighted by Crippen LogP contribution is 2.28. The molecule has 154 valence electrons. The average Bonchev–Trinajstić information content (AvgIpc) is 3.23. The highest BCUT2D eigenvalue weighted by molar-refractivity contribution is 6.23. The van der Waals surface area contributed by atoms with Crippen molar-refractivity contribution in [3.8, 4) is 0 Å². The molecule has 4 amide bonds. The number of hydrogen-bond donors (Lipinski definition) is 3. The number of aromatic nitrogens is 2. The lowest BCUT2D eigenvalue weighted by Crippen LogP contribution is -2.54. The van der Waals surface area contributed by atoms with Gasteiger partial charge in [0.25, 0.3) is 11.8 Å². The monoisotopic (exact) mass is 408 g/mol. The Hall–Kier alpha value is -3.53. The number of hydrogen-bond acceptors (Lipinski definition) is 7. The van der Waals surface area contributed by atoms with Crippen molar-refractivity contribution in [3.63, 3.8) is 0 Å². The third kappa shape index (κ3) is 3.05. The largest absolute Gasteiger partial charge is 0.365 e. The molecule has 1 atom stereocenters. The molecular weight excluding hydrogens is 388 g/mol. The Balaban J connectivity index is 1.30. The van der Waals surface area contributed by atoms with Crippen LogP contribution in [0.25, 0.3) is 0 Å². The number of anilines is 1. The van der Waals surface area contributed by atoms with Crippen LogP contribution < -0.4 is 16.0 Å². The molecule has 0 saturated carbocycles. The fourth-order valence-corrected chi connectivity index (χ4v) is 3.92. The zero-order valence-electron chi connectivity index (χ0n) is 16.1. The standard InChI is InChI=1S/C20H20N6O4/c27-17-4-3-15(18(28)23-17)26-19(29)13-2-1-11(7-14(13)20(26)30)8-22-16-5-6-25(24-16)12-9-21-10-12/h1-2,5-7,12,15,21H,3-4,8-10H2,(H,22,24)(H,23,27,28). The first-order valence-corrected chi connectivity index (χ1v) is 9.85. The lowest BCUT2D eigenvalue weighted by Gasteiger charge is -2.27. The van der Waals surface area contributed by atoms with Gasteiger partial charge in [-0.1, -0.05) is 6.07 Å². The minimum Gasteiger partial charge on any atom is -0.365 e. The van der Waals surface area contributed by atoms with Crippen LogP contribution in [0, 0.1) is 0 Å². The van der Waals surface area contributed by atoms with E-state index in [1.54, 1.807) is 18.2 Å². The van der Waals surface area contributed by atoms with Gasteiger partial charge in [0, 0.05) is 38.3 Å². The number of rotatable bonds is 5. The molecule has 1 unspecified atom stereocenters. The molecule has 2 fully saturated rings. The van der Waals surface area contributed by atoms with Gasteiger partial charge in [-0.25, -0.2) is 0 Å². The van der Waals surface area contributed by atoms with Gasteiger partial charge in [0.2, 0.25) is 11.8 Å². The molecule has 2 aromatic rings. The number of carbonyl (C=O) groups is 4. The molecule has 10 nitrogen and oxygen atoms in total. The summed E-state index contributed by atoms with van der Waals surface area (Å²) in [5.41, 5.74) is 1.37. The minimum absolute atomic E-state index is 0.0998. The van der Waals surface area contributed by atoms with Crippen LogP contribution >= 0.6 is 0 Å². The molecule has 1 aromatic heterocycles. The predicted molar refractivity (Wildman–Crippen MR) is 105 cm³/mol. The third-order valence-electron chi connectivity index (χ3n) is 5.72. The Morgan fingerprint density at radius 2 is 1.87 bits per heavy atom. The lowest BCUT2D eigenvalue weighted by atomic mass is 10.0. The molecule has 5 rings (SSSR count). The summed E-state index contributed by atoms with van der Waals surface area (Å²) in [6.45, 7) is 2.25. The van der Waals surface area contributed by atoms with Crippen molar-refractivity contribution in [2.75, 3.05) is 18.4 Å². The number of carbonyl (C=O) groups excluding carboxylic acids is 4. The van der Waals surface area contributed by atoms with E-state index in [0.717, 1.165) is 29.4 Å². The maximum Gasteiger partial charge on any atom is 0.262 e. The lowest BCUT2D eigenvalue weighted by molar-refractivity contribution is -0.136. The first-order valence-electron chi connectivity index (χ1n) is 9.85. The highest BCUT2D eigenvalue weighted by atomic mass is 16.2. The van der Waals surface area contributed by atoms with Crippen LogP contribution in [0.1, 0.15) is 45.2 Å². The zero-order valence-corrected chi connectivity index (χ0v) is 16.1. The molecule has 3 N–H and O–H groups in total. The summed E-state index contributed by atoms with van der Waals surface area (Å²) in [4.78, 5) is 50.1. The second kappa shape index (κ2) is 7.06. The van der Waals surface area contributed by atoms with Gasteiger partial charge in [0.05, 0.1) is 17.2 Å². The molecular formula is C20H20N6O4. The van der Waals surface area contributed by atoms with Crippen molar-refractivity contribution in [2.45, 2.75) is 31.5 Å². The summed E-state index contributed by atoms with van der Waals surface area (Å²) in [7, 11) is 0. The van der Waals surface area contributed by atoms with Crippen LogP contribution in [0.2, 0.25) is 0 Å². The Morgan fingerprint density at radius 3 is 2.60 bits per heavy atom. The Morgan fingerprint density at radius 1 is 1.07 bits per heavy atom. The van der Waals surface area contributed by atoms with Gasteiger partial charge < -0.3 is 10.6 Å². The molecule has 4 heterocycles. The summed E-state index contributed by atoms with van der Waals surface area (Å²) in [6, 6.07) is 6.37. The van der Waals surface area contributed by atoms with Gasteiger partial charge in [-0.05, 0) is 24.1 Å². The van der Waals surface area contributed by atoms with E-state index >= 15 is 0 Å². The van der Waals surface area contributed by atoms with E-state index in [1.807, 2.05) is 16.9 Å². The van der Waals surface area contributed by atoms with Gasteiger partial charge in [-0.2, -0.15) is 5.10 Å². The number of nitrogens with one attached hydrogen (secondary N) is 3. The van der Waals surface area contributed by atoms with Crippen molar-refractivity contribution >= 4 is 29.4 Å². The Kier molecular flexibility index (Phi) is 4.35. The molecule has 1 aromatic carbocycles. The number of piperidine rings is 1. The molecule has 0 bridgehead atoms. The van der Waals surface area contributed by atoms with Crippen molar-refractivity contribution in [1.29, 1.82) is 0 Å². The number of nitrogens with zero attached hydrogens (tertiary/aromatic N) is 3. The van der Waals surface area contributed by atoms with Crippen molar-refractivity contribution in [2.24, 2.45) is 0 Å². The third-order valence-corrected chi connectivity index (χ3v) is 5.72. The second-order valence-corrected chi connectivity index (χ2v) is 7.67. The van der Waals surface area contributed by atoms with Crippen LogP contribution in [0.5, 0.6) is 0 Å². The molecule has 10 heteroatoms. The van der Waals surface area contributed by atoms with Gasteiger partial charge in [-0.15, -0.1) is 0 Å². The van der Waals surface area contributed by atoms with Crippen LogP contribution in [0.15, 0.2) is 30.5 Å². The van der Waals surface area contributed by atoms with Crippen LogP contribution in [-0.4, -0.2) is 57.4 Å². The minimum atomic E-state index is -0.957. The van der Waals surface area contributed by atoms with E-state index in [9.17, 15) is 19.2 Å². The van der Waals surface area contributed by atoms with E-state index in [2.05, 4.69) is 21.0 Å². The average molecular weight is 408 g/mol. The van der Waals surface area contributed by atoms with E-state index in [-0.39, 0.29) is 24.0 Å². The number of fused-ring (bicyclic) bond motifs is 1. The van der Waals surface area contributed by atoms with Gasteiger partial charge in [0.15, 0.2) is 0 Å². The van der Waals surface area contributed by atoms with E-state index < -0.39 is 29.7 Å². The molecule has 0 radical (unpaired) electrons. The highest BCUT2D eigenvalue weighted by Gasteiger charge is 2.44. The second-order valence-electron chi connectivity index (χ2n) is 7.67. The fraction of sp³-hybridized carbons (Fsp3) is 0.350. The summed E-state index contributed by atoms with van der Waals surface area (Å²) in [5.74, 6) is -1.28. The van der Waals surface area contributed by atoms with Crippen LogP contribution in [0.4, 0.5) is 5.82 Å². The number of imide groups is 2. The molecule has 30 heavy (non-hydrogen) atoms. The van der Waals surface area contributed by atoms with Crippen LogP contribution in [0.3, 0.4) is 0 Å².